The average molecular weight is 114 g/mol. The van der Waals surface area contributed by atoms with E-state index < -0.39 is 0 Å². The van der Waals surface area contributed by atoms with E-state index in [9.17, 15) is 0 Å². The van der Waals surface area contributed by atoms with Crippen molar-refractivity contribution in [2.24, 2.45) is 5.92 Å². The van der Waals surface area contributed by atoms with Gasteiger partial charge < -0.3 is 5.11 Å². The van der Waals surface area contributed by atoms with Crippen molar-refractivity contribution in [2.75, 3.05) is 6.61 Å². The van der Waals surface area contributed by atoms with Crippen LogP contribution in [0.4, 0.5) is 0 Å². The van der Waals surface area contributed by atoms with Gasteiger partial charge in [0.1, 0.15) is 0 Å². The van der Waals surface area contributed by atoms with Gasteiger partial charge in [0, 0.05) is 12.5 Å². The Bertz CT molecular complexity index is 72.5. The van der Waals surface area contributed by atoms with Gasteiger partial charge in [0.05, 0.1) is 0 Å². The SMILES string of the molecule is C=C(C)C(CC)CO. The molecule has 1 atom stereocenters. The number of hydrogen-bond acceptors (Lipinski definition) is 1. The highest BCUT2D eigenvalue weighted by molar-refractivity contribution is 4.94. The molecule has 0 spiro atoms. The van der Waals surface area contributed by atoms with Crippen molar-refractivity contribution in [1.29, 1.82) is 0 Å². The van der Waals surface area contributed by atoms with E-state index in [-0.39, 0.29) is 6.61 Å². The fourth-order valence-corrected chi connectivity index (χ4v) is 0.633. The molecule has 1 unspecified atom stereocenters. The molecule has 0 rings (SSSR count). The maximum atomic E-state index is 8.64. The van der Waals surface area contributed by atoms with Crippen LogP contribution >= 0.6 is 0 Å². The van der Waals surface area contributed by atoms with Gasteiger partial charge in [-0.05, 0) is 13.3 Å². The molecule has 0 aromatic rings. The van der Waals surface area contributed by atoms with Crippen LogP contribution in [0, 0.1) is 5.92 Å². The lowest BCUT2D eigenvalue weighted by molar-refractivity contribution is 0.243. The lowest BCUT2D eigenvalue weighted by atomic mass is 10.0. The lowest BCUT2D eigenvalue weighted by Crippen LogP contribution is -2.04. The molecule has 0 amide bonds. The Morgan fingerprint density at radius 2 is 2.25 bits per heavy atom. The van der Waals surface area contributed by atoms with Crippen molar-refractivity contribution < 1.29 is 5.11 Å². The summed E-state index contributed by atoms with van der Waals surface area (Å²) in [6.07, 6.45) is 0.992. The number of aliphatic hydroxyl groups is 1. The summed E-state index contributed by atoms with van der Waals surface area (Å²) in [5, 5.41) is 8.64. The minimum absolute atomic E-state index is 0.242. The van der Waals surface area contributed by atoms with Gasteiger partial charge in [-0.15, -0.1) is 0 Å². The van der Waals surface area contributed by atoms with Crippen molar-refractivity contribution >= 4 is 0 Å². The molecule has 48 valence electrons. The topological polar surface area (TPSA) is 20.2 Å². The van der Waals surface area contributed by atoms with E-state index >= 15 is 0 Å². The van der Waals surface area contributed by atoms with Crippen LogP contribution in [0.5, 0.6) is 0 Å². The Balaban J connectivity index is 3.52. The molecule has 0 aliphatic rings. The molecular formula is C7H14O. The third-order valence-electron chi connectivity index (χ3n) is 1.41. The molecular weight excluding hydrogens is 100 g/mol. The van der Waals surface area contributed by atoms with Crippen LogP contribution in [0.3, 0.4) is 0 Å². The van der Waals surface area contributed by atoms with E-state index in [1.165, 1.54) is 0 Å². The van der Waals surface area contributed by atoms with Crippen LogP contribution in [0.15, 0.2) is 12.2 Å². The Kier molecular flexibility index (Phi) is 3.53. The molecule has 0 fully saturated rings. The van der Waals surface area contributed by atoms with Crippen molar-refractivity contribution in [3.05, 3.63) is 12.2 Å². The molecule has 0 bridgehead atoms. The number of hydrogen-bond donors (Lipinski definition) is 1. The third kappa shape index (κ3) is 2.12. The Hall–Kier alpha value is -0.300. The summed E-state index contributed by atoms with van der Waals surface area (Å²) < 4.78 is 0. The number of aliphatic hydroxyl groups excluding tert-OH is 1. The molecule has 1 heteroatoms. The van der Waals surface area contributed by atoms with Gasteiger partial charge in [-0.1, -0.05) is 19.1 Å². The smallest absolute Gasteiger partial charge is 0.0496 e. The second kappa shape index (κ2) is 3.67. The molecule has 1 nitrogen and oxygen atoms in total. The predicted molar refractivity (Wildman–Crippen MR) is 35.7 cm³/mol. The fraction of sp³-hybridized carbons (Fsp3) is 0.714. The van der Waals surface area contributed by atoms with E-state index in [1.54, 1.807) is 0 Å². The van der Waals surface area contributed by atoms with Crippen molar-refractivity contribution in [3.8, 4) is 0 Å². The molecule has 0 radical (unpaired) electrons. The van der Waals surface area contributed by atoms with Crippen LogP contribution in [0.25, 0.3) is 0 Å². The van der Waals surface area contributed by atoms with Gasteiger partial charge >= 0.3 is 0 Å². The Morgan fingerprint density at radius 3 is 2.25 bits per heavy atom. The molecule has 0 saturated carbocycles. The summed E-state index contributed by atoms with van der Waals surface area (Å²) in [5.41, 5.74) is 1.08. The first-order valence-corrected chi connectivity index (χ1v) is 2.98. The van der Waals surface area contributed by atoms with Gasteiger partial charge in [-0.25, -0.2) is 0 Å². The van der Waals surface area contributed by atoms with Crippen LogP contribution in [-0.2, 0) is 0 Å². The standard InChI is InChI=1S/C7H14O/c1-4-7(5-8)6(2)3/h7-8H,2,4-5H2,1,3H3. The second-order valence-electron chi connectivity index (χ2n) is 2.13. The molecule has 0 aliphatic carbocycles. The van der Waals surface area contributed by atoms with Crippen molar-refractivity contribution in [3.63, 3.8) is 0 Å². The van der Waals surface area contributed by atoms with Crippen LogP contribution < -0.4 is 0 Å². The van der Waals surface area contributed by atoms with Crippen molar-refractivity contribution in [2.45, 2.75) is 20.3 Å². The quantitative estimate of drug-likeness (QED) is 0.552. The minimum Gasteiger partial charge on any atom is -0.396 e. The van der Waals surface area contributed by atoms with Gasteiger partial charge in [0.25, 0.3) is 0 Å². The zero-order chi connectivity index (χ0) is 6.57. The first kappa shape index (κ1) is 7.70. The first-order valence-electron chi connectivity index (χ1n) is 2.98. The van der Waals surface area contributed by atoms with E-state index in [4.69, 9.17) is 5.11 Å². The molecule has 8 heavy (non-hydrogen) atoms. The van der Waals surface area contributed by atoms with E-state index in [0.29, 0.717) is 5.92 Å². The Labute approximate surface area is 51.0 Å². The molecule has 0 aromatic carbocycles. The molecule has 0 saturated heterocycles. The maximum Gasteiger partial charge on any atom is 0.0496 e. The highest BCUT2D eigenvalue weighted by Gasteiger charge is 2.02. The largest absolute Gasteiger partial charge is 0.396 e. The first-order chi connectivity index (χ1) is 3.72. The average Bonchev–Trinajstić information content (AvgIpc) is 1.69. The summed E-state index contributed by atoms with van der Waals surface area (Å²) in [5.74, 6) is 0.315. The highest BCUT2D eigenvalue weighted by atomic mass is 16.3. The minimum atomic E-state index is 0.242. The van der Waals surface area contributed by atoms with Crippen molar-refractivity contribution in [1.82, 2.24) is 0 Å². The Morgan fingerprint density at radius 1 is 1.75 bits per heavy atom. The van der Waals surface area contributed by atoms with Crippen LogP contribution in [-0.4, -0.2) is 11.7 Å². The molecule has 1 N–H and O–H groups in total. The second-order valence-corrected chi connectivity index (χ2v) is 2.13. The number of rotatable bonds is 3. The third-order valence-corrected chi connectivity index (χ3v) is 1.41. The van der Waals surface area contributed by atoms with Gasteiger partial charge in [0.15, 0.2) is 0 Å². The zero-order valence-electron chi connectivity index (χ0n) is 5.65. The summed E-state index contributed by atoms with van der Waals surface area (Å²) in [6.45, 7) is 7.98. The maximum absolute atomic E-state index is 8.64. The highest BCUT2D eigenvalue weighted by Crippen LogP contribution is 2.09. The van der Waals surface area contributed by atoms with Gasteiger partial charge in [-0.2, -0.15) is 0 Å². The molecule has 0 heterocycles. The molecule has 0 aromatic heterocycles. The van der Waals surface area contributed by atoms with E-state index in [0.717, 1.165) is 12.0 Å². The summed E-state index contributed by atoms with van der Waals surface area (Å²) in [7, 11) is 0. The van der Waals surface area contributed by atoms with Crippen LogP contribution in [0.2, 0.25) is 0 Å². The lowest BCUT2D eigenvalue weighted by Gasteiger charge is -2.08. The summed E-state index contributed by atoms with van der Waals surface area (Å²) in [6, 6.07) is 0. The van der Waals surface area contributed by atoms with Gasteiger partial charge in [0.2, 0.25) is 0 Å². The molecule has 0 aliphatic heterocycles. The van der Waals surface area contributed by atoms with Crippen LogP contribution in [0.1, 0.15) is 20.3 Å². The van der Waals surface area contributed by atoms with Gasteiger partial charge in [-0.3, -0.25) is 0 Å². The van der Waals surface area contributed by atoms with E-state index in [1.807, 2.05) is 6.92 Å². The van der Waals surface area contributed by atoms with E-state index in [2.05, 4.69) is 13.5 Å². The fourth-order valence-electron chi connectivity index (χ4n) is 0.633. The monoisotopic (exact) mass is 114 g/mol. The normalized spacial score (nSPS) is 13.4. The predicted octanol–water partition coefficient (Wildman–Crippen LogP) is 1.58. The summed E-state index contributed by atoms with van der Waals surface area (Å²) >= 11 is 0. The zero-order valence-corrected chi connectivity index (χ0v) is 5.65. The summed E-state index contributed by atoms with van der Waals surface area (Å²) in [4.78, 5) is 0.